The van der Waals surface area contributed by atoms with Crippen LogP contribution in [-0.4, -0.2) is 40.3 Å². The molecule has 29 heavy (non-hydrogen) atoms. The van der Waals surface area contributed by atoms with Gasteiger partial charge in [0.2, 0.25) is 5.91 Å². The molecule has 0 atom stereocenters. The van der Waals surface area contributed by atoms with Crippen LogP contribution in [0.4, 0.5) is 0 Å². The first-order valence-electron chi connectivity index (χ1n) is 11.1. The number of aromatic nitrogens is 1. The van der Waals surface area contributed by atoms with Gasteiger partial charge in [0.05, 0.1) is 0 Å². The summed E-state index contributed by atoms with van der Waals surface area (Å²) >= 11 is 0. The third-order valence-electron chi connectivity index (χ3n) is 6.31. The Balaban J connectivity index is 1.47. The van der Waals surface area contributed by atoms with Gasteiger partial charge in [-0.2, -0.15) is 0 Å². The van der Waals surface area contributed by atoms with Gasteiger partial charge in [-0.1, -0.05) is 62.4 Å². The third kappa shape index (κ3) is 4.89. The van der Waals surface area contributed by atoms with Crippen LogP contribution in [0.3, 0.4) is 0 Å². The highest BCUT2D eigenvalue weighted by Crippen LogP contribution is 2.26. The predicted octanol–water partition coefficient (Wildman–Crippen LogP) is 4.52. The molecule has 0 bridgehead atoms. The molecular formula is C24H31N3O2. The van der Waals surface area contributed by atoms with E-state index in [9.17, 15) is 9.59 Å². The standard InChI is InChI=1S/C24H31N3O2/c28-23(25-19-11-5-2-6-12-19)17-27(20-13-7-8-14-20)24(29)22-16-15-21(26-22)18-9-3-1-4-10-18/h1,3-4,9-10,15-16,19-20,26H,2,5-8,11-14,17H2,(H,25,28). The number of H-pyrrole nitrogens is 1. The molecule has 5 nitrogen and oxygen atoms in total. The van der Waals surface area contributed by atoms with Crippen molar-refractivity contribution in [2.24, 2.45) is 0 Å². The number of aromatic amines is 1. The maximum absolute atomic E-state index is 13.3. The van der Waals surface area contributed by atoms with E-state index in [-0.39, 0.29) is 30.4 Å². The number of hydrogen-bond acceptors (Lipinski definition) is 2. The van der Waals surface area contributed by atoms with E-state index in [1.54, 1.807) is 4.90 Å². The molecule has 1 aromatic carbocycles. The number of nitrogens with one attached hydrogen (secondary N) is 2. The zero-order valence-electron chi connectivity index (χ0n) is 17.0. The molecule has 154 valence electrons. The Kier molecular flexibility index (Phi) is 6.33. The first-order chi connectivity index (χ1) is 14.2. The van der Waals surface area contributed by atoms with Crippen LogP contribution in [0.2, 0.25) is 0 Å². The summed E-state index contributed by atoms with van der Waals surface area (Å²) in [4.78, 5) is 31.1. The quantitative estimate of drug-likeness (QED) is 0.758. The fraction of sp³-hybridized carbons (Fsp3) is 0.500. The normalized spacial score (nSPS) is 17.9. The lowest BCUT2D eigenvalue weighted by atomic mass is 9.95. The number of hydrogen-bond donors (Lipinski definition) is 2. The van der Waals surface area contributed by atoms with Crippen LogP contribution in [0, 0.1) is 0 Å². The Bertz CT molecular complexity index is 818. The summed E-state index contributed by atoms with van der Waals surface area (Å²) in [5.74, 6) is -0.0927. The zero-order chi connectivity index (χ0) is 20.1. The van der Waals surface area contributed by atoms with Gasteiger partial charge in [-0.3, -0.25) is 9.59 Å². The molecule has 2 aromatic rings. The van der Waals surface area contributed by atoms with Gasteiger partial charge in [0.1, 0.15) is 12.2 Å². The molecule has 2 aliphatic carbocycles. The average Bonchev–Trinajstić information content (AvgIpc) is 3.45. The molecule has 2 fully saturated rings. The Morgan fingerprint density at radius 1 is 0.897 bits per heavy atom. The van der Waals surface area contributed by atoms with Crippen molar-refractivity contribution in [2.45, 2.75) is 69.9 Å². The summed E-state index contributed by atoms with van der Waals surface area (Å²) in [5, 5.41) is 3.17. The number of carbonyl (C=O) groups excluding carboxylic acids is 2. The topological polar surface area (TPSA) is 65.2 Å². The van der Waals surface area contributed by atoms with Crippen molar-refractivity contribution in [3.63, 3.8) is 0 Å². The number of nitrogens with zero attached hydrogens (tertiary/aromatic N) is 1. The van der Waals surface area contributed by atoms with Crippen LogP contribution in [0.5, 0.6) is 0 Å². The van der Waals surface area contributed by atoms with Crippen LogP contribution in [0.15, 0.2) is 42.5 Å². The number of carbonyl (C=O) groups is 2. The summed E-state index contributed by atoms with van der Waals surface area (Å²) < 4.78 is 0. The van der Waals surface area contributed by atoms with Gasteiger partial charge in [-0.05, 0) is 43.4 Å². The van der Waals surface area contributed by atoms with E-state index in [0.717, 1.165) is 49.8 Å². The maximum Gasteiger partial charge on any atom is 0.270 e. The van der Waals surface area contributed by atoms with Crippen LogP contribution in [0.1, 0.15) is 68.3 Å². The first kappa shape index (κ1) is 19.7. The molecular weight excluding hydrogens is 362 g/mol. The number of amides is 2. The van der Waals surface area contributed by atoms with Gasteiger partial charge >= 0.3 is 0 Å². The molecule has 2 saturated carbocycles. The average molecular weight is 394 g/mol. The summed E-state index contributed by atoms with van der Waals surface area (Å²) in [6.45, 7) is 0.152. The van der Waals surface area contributed by atoms with Crippen molar-refractivity contribution in [2.75, 3.05) is 6.54 Å². The van der Waals surface area contributed by atoms with E-state index in [1.165, 1.54) is 19.3 Å². The van der Waals surface area contributed by atoms with Gasteiger partial charge in [-0.25, -0.2) is 0 Å². The summed E-state index contributed by atoms with van der Waals surface area (Å²) in [7, 11) is 0. The maximum atomic E-state index is 13.3. The molecule has 0 saturated heterocycles. The molecule has 2 N–H and O–H groups in total. The molecule has 1 aromatic heterocycles. The number of benzene rings is 1. The second-order valence-corrected chi connectivity index (χ2v) is 8.43. The van der Waals surface area contributed by atoms with Crippen molar-refractivity contribution in [3.05, 3.63) is 48.2 Å². The lowest BCUT2D eigenvalue weighted by Gasteiger charge is -2.30. The van der Waals surface area contributed by atoms with Gasteiger partial charge in [0.25, 0.3) is 5.91 Å². The Morgan fingerprint density at radius 3 is 2.31 bits per heavy atom. The van der Waals surface area contributed by atoms with Crippen molar-refractivity contribution >= 4 is 11.8 Å². The zero-order valence-corrected chi connectivity index (χ0v) is 17.0. The fourth-order valence-corrected chi connectivity index (χ4v) is 4.72. The minimum Gasteiger partial charge on any atom is -0.352 e. The molecule has 0 spiro atoms. The van der Waals surface area contributed by atoms with Crippen molar-refractivity contribution in [3.8, 4) is 11.3 Å². The highest BCUT2D eigenvalue weighted by atomic mass is 16.2. The smallest absolute Gasteiger partial charge is 0.270 e. The van der Waals surface area contributed by atoms with Gasteiger partial charge < -0.3 is 15.2 Å². The van der Waals surface area contributed by atoms with Crippen LogP contribution in [0.25, 0.3) is 11.3 Å². The van der Waals surface area contributed by atoms with Crippen molar-refractivity contribution in [1.29, 1.82) is 0 Å². The molecule has 0 unspecified atom stereocenters. The minimum absolute atomic E-state index is 0.0213. The Morgan fingerprint density at radius 2 is 1.59 bits per heavy atom. The molecule has 5 heteroatoms. The molecule has 2 amide bonds. The van der Waals surface area contributed by atoms with Gasteiger partial charge in [0, 0.05) is 17.8 Å². The summed E-state index contributed by atoms with van der Waals surface area (Å²) in [6, 6.07) is 14.2. The van der Waals surface area contributed by atoms with E-state index < -0.39 is 0 Å². The van der Waals surface area contributed by atoms with E-state index in [1.807, 2.05) is 42.5 Å². The summed E-state index contributed by atoms with van der Waals surface area (Å²) in [6.07, 6.45) is 9.94. The highest BCUT2D eigenvalue weighted by Gasteiger charge is 2.30. The third-order valence-corrected chi connectivity index (χ3v) is 6.31. The molecule has 4 rings (SSSR count). The second-order valence-electron chi connectivity index (χ2n) is 8.43. The lowest BCUT2D eigenvalue weighted by Crippen LogP contribution is -2.48. The molecule has 0 aliphatic heterocycles. The van der Waals surface area contributed by atoms with Crippen LogP contribution < -0.4 is 5.32 Å². The second kappa shape index (κ2) is 9.29. The van der Waals surface area contributed by atoms with E-state index in [4.69, 9.17) is 0 Å². The molecule has 0 radical (unpaired) electrons. The van der Waals surface area contributed by atoms with E-state index in [2.05, 4.69) is 10.3 Å². The molecule has 1 heterocycles. The van der Waals surface area contributed by atoms with Crippen LogP contribution >= 0.6 is 0 Å². The lowest BCUT2D eigenvalue weighted by molar-refractivity contribution is -0.123. The van der Waals surface area contributed by atoms with Crippen molar-refractivity contribution in [1.82, 2.24) is 15.2 Å². The van der Waals surface area contributed by atoms with Crippen LogP contribution in [-0.2, 0) is 4.79 Å². The first-order valence-corrected chi connectivity index (χ1v) is 11.1. The van der Waals surface area contributed by atoms with E-state index in [0.29, 0.717) is 5.69 Å². The van der Waals surface area contributed by atoms with Gasteiger partial charge in [0.15, 0.2) is 0 Å². The Labute approximate surface area is 172 Å². The van der Waals surface area contributed by atoms with Crippen molar-refractivity contribution < 1.29 is 9.59 Å². The SMILES string of the molecule is O=C(CN(C(=O)c1ccc(-c2ccccc2)[nH]1)C1CCCC1)NC1CCCCC1. The monoisotopic (exact) mass is 393 g/mol. The molecule has 2 aliphatic rings. The number of rotatable bonds is 6. The fourth-order valence-electron chi connectivity index (χ4n) is 4.72. The Hall–Kier alpha value is -2.56. The minimum atomic E-state index is -0.0714. The van der Waals surface area contributed by atoms with Gasteiger partial charge in [-0.15, -0.1) is 0 Å². The summed E-state index contributed by atoms with van der Waals surface area (Å²) in [5.41, 5.74) is 2.53. The van der Waals surface area contributed by atoms with E-state index >= 15 is 0 Å². The largest absolute Gasteiger partial charge is 0.352 e. The predicted molar refractivity (Wildman–Crippen MR) is 115 cm³/mol. The highest BCUT2D eigenvalue weighted by molar-refractivity contribution is 5.96.